The number of aryl methyl sites for hydroxylation is 2. The number of rotatable bonds is 6. The van der Waals surface area contributed by atoms with Gasteiger partial charge in [-0.15, -0.1) is 11.3 Å². The van der Waals surface area contributed by atoms with Gasteiger partial charge in [-0.25, -0.2) is 4.98 Å². The molecule has 3 aromatic heterocycles. The number of amides is 2. The third-order valence-corrected chi connectivity index (χ3v) is 6.75. The molecule has 170 valence electrons. The quantitative estimate of drug-likeness (QED) is 0.352. The molecule has 0 saturated carbocycles. The summed E-state index contributed by atoms with van der Waals surface area (Å²) in [5.41, 5.74) is 3.55. The number of thiophene rings is 1. The maximum Gasteiger partial charge on any atom is 0.291 e. The maximum atomic E-state index is 13.4. The first kappa shape index (κ1) is 21.7. The van der Waals surface area contributed by atoms with Crippen molar-refractivity contribution in [1.29, 1.82) is 0 Å². The number of nitrogens with zero attached hydrogens (tertiary/aromatic N) is 2. The number of anilines is 1. The van der Waals surface area contributed by atoms with E-state index in [0.717, 1.165) is 28.0 Å². The number of carbonyl (C=O) groups excluding carboxylic acids is 2. The average Bonchev–Trinajstić information content (AvgIpc) is 3.58. The molecule has 5 rings (SSSR count). The molecular formula is C26H22N4O3S. The third kappa shape index (κ3) is 4.11. The van der Waals surface area contributed by atoms with Crippen LogP contribution in [-0.4, -0.2) is 21.4 Å². The Bertz CT molecular complexity index is 1470. The van der Waals surface area contributed by atoms with E-state index in [1.165, 1.54) is 17.6 Å². The predicted molar refractivity (Wildman–Crippen MR) is 132 cm³/mol. The first-order valence-electron chi connectivity index (χ1n) is 10.7. The van der Waals surface area contributed by atoms with E-state index in [1.54, 1.807) is 18.2 Å². The molecule has 8 heteroatoms. The van der Waals surface area contributed by atoms with Gasteiger partial charge in [0, 0.05) is 7.05 Å². The van der Waals surface area contributed by atoms with Gasteiger partial charge in [0.15, 0.2) is 5.76 Å². The van der Waals surface area contributed by atoms with Crippen LogP contribution in [0.15, 0.2) is 83.5 Å². The Kier molecular flexibility index (Phi) is 5.73. The lowest BCUT2D eigenvalue weighted by atomic mass is 10.1. The Labute approximate surface area is 200 Å². The number of hydrogen-bond donors (Lipinski definition) is 2. The zero-order valence-corrected chi connectivity index (χ0v) is 19.4. The summed E-state index contributed by atoms with van der Waals surface area (Å²) in [7, 11) is 1.95. The molecule has 2 aromatic carbocycles. The van der Waals surface area contributed by atoms with Crippen molar-refractivity contribution < 1.29 is 14.0 Å². The topological polar surface area (TPSA) is 89.2 Å². The molecule has 1 unspecified atom stereocenters. The summed E-state index contributed by atoms with van der Waals surface area (Å²) >= 11 is 1.22. The zero-order valence-electron chi connectivity index (χ0n) is 18.6. The van der Waals surface area contributed by atoms with Crippen LogP contribution in [0.25, 0.3) is 11.0 Å². The van der Waals surface area contributed by atoms with E-state index < -0.39 is 6.04 Å². The first-order chi connectivity index (χ1) is 16.5. The van der Waals surface area contributed by atoms with E-state index in [2.05, 4.69) is 10.6 Å². The van der Waals surface area contributed by atoms with Gasteiger partial charge in [-0.3, -0.25) is 9.59 Å². The Morgan fingerprint density at radius 2 is 1.76 bits per heavy atom. The van der Waals surface area contributed by atoms with Crippen molar-refractivity contribution in [3.05, 3.63) is 107 Å². The molecule has 5 aromatic rings. The van der Waals surface area contributed by atoms with E-state index in [1.807, 2.05) is 73.1 Å². The molecule has 0 aliphatic heterocycles. The van der Waals surface area contributed by atoms with Crippen molar-refractivity contribution >= 4 is 39.2 Å². The van der Waals surface area contributed by atoms with Crippen molar-refractivity contribution in [2.75, 3.05) is 5.32 Å². The van der Waals surface area contributed by atoms with E-state index in [-0.39, 0.29) is 17.6 Å². The second-order valence-corrected chi connectivity index (χ2v) is 8.94. The Hall–Kier alpha value is -4.17. The fourth-order valence-corrected chi connectivity index (χ4v) is 4.88. The molecular weight excluding hydrogens is 448 g/mol. The van der Waals surface area contributed by atoms with E-state index in [9.17, 15) is 9.59 Å². The number of para-hydroxylation sites is 2. The van der Waals surface area contributed by atoms with E-state index in [0.29, 0.717) is 9.88 Å². The van der Waals surface area contributed by atoms with Crippen molar-refractivity contribution in [3.8, 4) is 0 Å². The monoisotopic (exact) mass is 470 g/mol. The van der Waals surface area contributed by atoms with Gasteiger partial charge in [0.1, 0.15) is 11.9 Å². The van der Waals surface area contributed by atoms with Gasteiger partial charge in [0.2, 0.25) is 0 Å². The highest BCUT2D eigenvalue weighted by Gasteiger charge is 2.25. The van der Waals surface area contributed by atoms with Crippen LogP contribution in [0.3, 0.4) is 0 Å². The third-order valence-electron chi connectivity index (χ3n) is 5.59. The van der Waals surface area contributed by atoms with Gasteiger partial charge in [0.05, 0.1) is 27.2 Å². The SMILES string of the molecule is Cc1cc(NC(=O)c2ccco2)sc1C(=O)NC(c1ccccc1)c1nc2ccccc2n1C. The van der Waals surface area contributed by atoms with Gasteiger partial charge >= 0.3 is 0 Å². The van der Waals surface area contributed by atoms with Crippen molar-refractivity contribution in [2.24, 2.45) is 7.05 Å². The molecule has 2 N–H and O–H groups in total. The largest absolute Gasteiger partial charge is 0.459 e. The predicted octanol–water partition coefficient (Wildman–Crippen LogP) is 5.31. The highest BCUT2D eigenvalue weighted by Crippen LogP contribution is 2.30. The van der Waals surface area contributed by atoms with Crippen LogP contribution in [0.2, 0.25) is 0 Å². The van der Waals surface area contributed by atoms with Crippen LogP contribution in [-0.2, 0) is 7.05 Å². The fraction of sp³-hybridized carbons (Fsp3) is 0.115. The molecule has 34 heavy (non-hydrogen) atoms. The molecule has 0 aliphatic carbocycles. The molecule has 0 bridgehead atoms. The minimum absolute atomic E-state index is 0.211. The second-order valence-electron chi connectivity index (χ2n) is 7.89. The lowest BCUT2D eigenvalue weighted by Crippen LogP contribution is -2.31. The van der Waals surface area contributed by atoms with Crippen molar-refractivity contribution in [3.63, 3.8) is 0 Å². The molecule has 1 atom stereocenters. The van der Waals surface area contributed by atoms with Gasteiger partial charge in [-0.2, -0.15) is 0 Å². The molecule has 0 saturated heterocycles. The average molecular weight is 471 g/mol. The number of benzene rings is 2. The maximum absolute atomic E-state index is 13.4. The van der Waals surface area contributed by atoms with Crippen LogP contribution in [0.4, 0.5) is 5.00 Å². The molecule has 3 heterocycles. The molecule has 0 fully saturated rings. The summed E-state index contributed by atoms with van der Waals surface area (Å²) in [6.07, 6.45) is 1.44. The summed E-state index contributed by atoms with van der Waals surface area (Å²) in [6.45, 7) is 1.85. The van der Waals surface area contributed by atoms with Gasteiger partial charge in [-0.1, -0.05) is 42.5 Å². The number of hydrogen-bond acceptors (Lipinski definition) is 5. The second kappa shape index (κ2) is 8.99. The van der Waals surface area contributed by atoms with Gasteiger partial charge < -0.3 is 19.6 Å². The summed E-state index contributed by atoms with van der Waals surface area (Å²) in [6, 6.07) is 22.2. The molecule has 2 amide bonds. The number of aromatic nitrogens is 2. The van der Waals surface area contributed by atoms with Crippen molar-refractivity contribution in [1.82, 2.24) is 14.9 Å². The molecule has 7 nitrogen and oxygen atoms in total. The van der Waals surface area contributed by atoms with Crippen LogP contribution in [0.1, 0.15) is 43.2 Å². The molecule has 0 spiro atoms. The lowest BCUT2D eigenvalue weighted by Gasteiger charge is -2.19. The molecule has 0 aliphatic rings. The highest BCUT2D eigenvalue weighted by atomic mass is 32.1. The number of carbonyl (C=O) groups is 2. The zero-order chi connectivity index (χ0) is 23.7. The fourth-order valence-electron chi connectivity index (χ4n) is 3.91. The minimum Gasteiger partial charge on any atom is -0.459 e. The van der Waals surface area contributed by atoms with E-state index in [4.69, 9.17) is 9.40 Å². The first-order valence-corrected chi connectivity index (χ1v) is 11.6. The van der Waals surface area contributed by atoms with Crippen molar-refractivity contribution in [2.45, 2.75) is 13.0 Å². The number of fused-ring (bicyclic) bond motifs is 1. The van der Waals surface area contributed by atoms with Gasteiger partial charge in [0.25, 0.3) is 11.8 Å². The molecule has 0 radical (unpaired) electrons. The van der Waals surface area contributed by atoms with Crippen LogP contribution >= 0.6 is 11.3 Å². The summed E-state index contributed by atoms with van der Waals surface area (Å²) in [4.78, 5) is 31.1. The Morgan fingerprint density at radius 3 is 2.50 bits per heavy atom. The smallest absolute Gasteiger partial charge is 0.291 e. The summed E-state index contributed by atoms with van der Waals surface area (Å²) in [5, 5.41) is 6.53. The minimum atomic E-state index is -0.450. The highest BCUT2D eigenvalue weighted by molar-refractivity contribution is 7.18. The summed E-state index contributed by atoms with van der Waals surface area (Å²) < 4.78 is 7.15. The number of nitrogens with one attached hydrogen (secondary N) is 2. The number of furan rings is 1. The summed E-state index contributed by atoms with van der Waals surface area (Å²) in [5.74, 6) is 0.353. The Balaban J connectivity index is 1.45. The normalized spacial score (nSPS) is 11.9. The van der Waals surface area contributed by atoms with Crippen LogP contribution in [0.5, 0.6) is 0 Å². The Morgan fingerprint density at radius 1 is 1.00 bits per heavy atom. The number of imidazole rings is 1. The lowest BCUT2D eigenvalue weighted by molar-refractivity contribution is 0.0943. The standard InChI is InChI=1S/C26H22N4O3S/c1-16-15-21(28-25(31)20-13-8-14-33-20)34-23(16)26(32)29-22(17-9-4-3-5-10-17)24-27-18-11-6-7-12-19(18)30(24)2/h3-15,22H,1-2H3,(H,28,31)(H,29,32). The van der Waals surface area contributed by atoms with Gasteiger partial charge in [-0.05, 0) is 48.4 Å². The van der Waals surface area contributed by atoms with E-state index >= 15 is 0 Å². The van der Waals surface area contributed by atoms with Crippen LogP contribution in [0, 0.1) is 6.92 Å². The van der Waals surface area contributed by atoms with Crippen LogP contribution < -0.4 is 10.6 Å².